The quantitative estimate of drug-likeness (QED) is 0.889. The molecule has 1 atom stereocenters. The first-order valence-electron chi connectivity index (χ1n) is 7.74. The van der Waals surface area contributed by atoms with E-state index in [9.17, 15) is 4.79 Å². The minimum Gasteiger partial charge on any atom is -0.349 e. The van der Waals surface area contributed by atoms with Crippen LogP contribution >= 0.6 is 0 Å². The van der Waals surface area contributed by atoms with Crippen molar-refractivity contribution in [3.8, 4) is 0 Å². The lowest BCUT2D eigenvalue weighted by molar-refractivity contribution is -0.123. The lowest BCUT2D eigenvalue weighted by Crippen LogP contribution is -2.27. The van der Waals surface area contributed by atoms with Crippen LogP contribution < -0.4 is 5.32 Å². The Morgan fingerprint density at radius 1 is 1.36 bits per heavy atom. The highest BCUT2D eigenvalue weighted by atomic mass is 16.2. The molecule has 0 unspecified atom stereocenters. The van der Waals surface area contributed by atoms with Crippen molar-refractivity contribution in [2.24, 2.45) is 11.3 Å². The number of carbonyl (C=O) groups is 1. The molecule has 1 fully saturated rings. The SMILES string of the molecule is CC1(C)C[C@H]1C(=O)NCc1nncn1CCc1ccccc1. The second kappa shape index (κ2) is 5.91. The van der Waals surface area contributed by atoms with Crippen LogP contribution in [0.3, 0.4) is 0 Å². The molecule has 0 spiro atoms. The van der Waals surface area contributed by atoms with E-state index in [0.717, 1.165) is 25.2 Å². The summed E-state index contributed by atoms with van der Waals surface area (Å²) < 4.78 is 2.01. The molecular weight excluding hydrogens is 276 g/mol. The fourth-order valence-corrected chi connectivity index (χ4v) is 2.70. The fraction of sp³-hybridized carbons (Fsp3) is 0.471. The van der Waals surface area contributed by atoms with Crippen molar-refractivity contribution in [3.05, 3.63) is 48.0 Å². The highest BCUT2D eigenvalue weighted by Crippen LogP contribution is 2.51. The number of amides is 1. The summed E-state index contributed by atoms with van der Waals surface area (Å²) in [4.78, 5) is 12.0. The zero-order valence-electron chi connectivity index (χ0n) is 13.1. The van der Waals surface area contributed by atoms with Crippen molar-refractivity contribution >= 4 is 5.91 Å². The molecule has 5 nitrogen and oxygen atoms in total. The topological polar surface area (TPSA) is 59.8 Å². The highest BCUT2D eigenvalue weighted by molar-refractivity contribution is 5.82. The van der Waals surface area contributed by atoms with Gasteiger partial charge in [0.1, 0.15) is 6.33 Å². The zero-order chi connectivity index (χ0) is 15.6. The second-order valence-electron chi connectivity index (χ2n) is 6.64. The number of carbonyl (C=O) groups excluding carboxylic acids is 1. The number of aryl methyl sites for hydroxylation is 2. The molecular formula is C17H22N4O. The number of rotatable bonds is 6. The normalized spacial score (nSPS) is 18.9. The van der Waals surface area contributed by atoms with Crippen LogP contribution in [0.4, 0.5) is 0 Å². The van der Waals surface area contributed by atoms with Crippen molar-refractivity contribution in [1.82, 2.24) is 20.1 Å². The molecule has 116 valence electrons. The zero-order valence-corrected chi connectivity index (χ0v) is 13.1. The third-order valence-corrected chi connectivity index (χ3v) is 4.43. The van der Waals surface area contributed by atoms with Gasteiger partial charge in [-0.3, -0.25) is 4.79 Å². The van der Waals surface area contributed by atoms with Gasteiger partial charge in [0.25, 0.3) is 0 Å². The van der Waals surface area contributed by atoms with Crippen LogP contribution in [0.5, 0.6) is 0 Å². The van der Waals surface area contributed by atoms with Gasteiger partial charge in [-0.1, -0.05) is 44.2 Å². The van der Waals surface area contributed by atoms with E-state index in [1.54, 1.807) is 6.33 Å². The Morgan fingerprint density at radius 3 is 2.77 bits per heavy atom. The van der Waals surface area contributed by atoms with Crippen LogP contribution in [0, 0.1) is 11.3 Å². The van der Waals surface area contributed by atoms with Crippen molar-refractivity contribution in [1.29, 1.82) is 0 Å². The maximum absolute atomic E-state index is 12.0. The minimum atomic E-state index is 0.127. The maximum atomic E-state index is 12.0. The van der Waals surface area contributed by atoms with Gasteiger partial charge in [-0.25, -0.2) is 0 Å². The van der Waals surface area contributed by atoms with Gasteiger partial charge < -0.3 is 9.88 Å². The molecule has 1 heterocycles. The van der Waals surface area contributed by atoms with E-state index in [-0.39, 0.29) is 17.2 Å². The Hall–Kier alpha value is -2.17. The Kier molecular flexibility index (Phi) is 3.96. The first-order valence-corrected chi connectivity index (χ1v) is 7.74. The van der Waals surface area contributed by atoms with Gasteiger partial charge in [0.15, 0.2) is 5.82 Å². The molecule has 3 rings (SSSR count). The molecule has 2 aromatic rings. The molecule has 0 radical (unpaired) electrons. The predicted octanol–water partition coefficient (Wildman–Crippen LogP) is 2.18. The number of nitrogens with zero attached hydrogens (tertiary/aromatic N) is 3. The van der Waals surface area contributed by atoms with E-state index in [2.05, 4.69) is 41.5 Å². The predicted molar refractivity (Wildman–Crippen MR) is 83.9 cm³/mol. The van der Waals surface area contributed by atoms with Crippen molar-refractivity contribution in [3.63, 3.8) is 0 Å². The Bertz CT molecular complexity index is 648. The van der Waals surface area contributed by atoms with E-state index in [1.165, 1.54) is 5.56 Å². The molecule has 1 saturated carbocycles. The molecule has 0 saturated heterocycles. The third kappa shape index (κ3) is 3.35. The van der Waals surface area contributed by atoms with Crippen LogP contribution in [-0.2, 0) is 24.3 Å². The van der Waals surface area contributed by atoms with Crippen molar-refractivity contribution < 1.29 is 4.79 Å². The van der Waals surface area contributed by atoms with Gasteiger partial charge in [-0.05, 0) is 23.8 Å². The highest BCUT2D eigenvalue weighted by Gasteiger charge is 2.50. The molecule has 22 heavy (non-hydrogen) atoms. The lowest BCUT2D eigenvalue weighted by Gasteiger charge is -2.09. The first-order chi connectivity index (χ1) is 10.6. The molecule has 1 aliphatic carbocycles. The van der Waals surface area contributed by atoms with Gasteiger partial charge >= 0.3 is 0 Å². The van der Waals surface area contributed by atoms with Crippen LogP contribution in [0.1, 0.15) is 31.7 Å². The average molecular weight is 298 g/mol. The standard InChI is InChI=1S/C17H22N4O/c1-17(2)10-14(17)16(22)18-11-15-20-19-12-21(15)9-8-13-6-4-3-5-7-13/h3-7,12,14H,8-11H2,1-2H3,(H,18,22)/t14-/m0/s1. The average Bonchev–Trinajstić information content (AvgIpc) is 2.95. The van der Waals surface area contributed by atoms with Crippen molar-refractivity contribution in [2.45, 2.75) is 39.8 Å². The summed E-state index contributed by atoms with van der Waals surface area (Å²) in [5.74, 6) is 1.08. The molecule has 1 N–H and O–H groups in total. The molecule has 1 aromatic carbocycles. The van der Waals surface area contributed by atoms with Crippen LogP contribution in [0.25, 0.3) is 0 Å². The van der Waals surface area contributed by atoms with Gasteiger partial charge in [-0.15, -0.1) is 10.2 Å². The summed E-state index contributed by atoms with van der Waals surface area (Å²) in [6.07, 6.45) is 3.63. The van der Waals surface area contributed by atoms with Crippen LogP contribution in [0.15, 0.2) is 36.7 Å². The fourth-order valence-electron chi connectivity index (χ4n) is 2.70. The number of hydrogen-bond acceptors (Lipinski definition) is 3. The molecule has 1 amide bonds. The van der Waals surface area contributed by atoms with Crippen LogP contribution in [0.2, 0.25) is 0 Å². The van der Waals surface area contributed by atoms with Crippen LogP contribution in [-0.4, -0.2) is 20.7 Å². The number of nitrogens with one attached hydrogen (secondary N) is 1. The largest absolute Gasteiger partial charge is 0.349 e. The smallest absolute Gasteiger partial charge is 0.224 e. The van der Waals surface area contributed by atoms with Gasteiger partial charge in [-0.2, -0.15) is 0 Å². The van der Waals surface area contributed by atoms with E-state index >= 15 is 0 Å². The molecule has 0 aliphatic heterocycles. The second-order valence-corrected chi connectivity index (χ2v) is 6.64. The summed E-state index contributed by atoms with van der Waals surface area (Å²) in [5, 5.41) is 11.1. The Balaban J connectivity index is 1.53. The summed E-state index contributed by atoms with van der Waals surface area (Å²) in [6, 6.07) is 10.3. The molecule has 0 bridgehead atoms. The van der Waals surface area contributed by atoms with Gasteiger partial charge in [0.05, 0.1) is 6.54 Å². The summed E-state index contributed by atoms with van der Waals surface area (Å²) in [7, 11) is 0. The maximum Gasteiger partial charge on any atom is 0.224 e. The summed E-state index contributed by atoms with van der Waals surface area (Å²) in [6.45, 7) is 5.51. The van der Waals surface area contributed by atoms with Crippen molar-refractivity contribution in [2.75, 3.05) is 0 Å². The van der Waals surface area contributed by atoms with E-state index in [0.29, 0.717) is 6.54 Å². The van der Waals surface area contributed by atoms with Gasteiger partial charge in [0, 0.05) is 12.5 Å². The molecule has 1 aromatic heterocycles. The summed E-state index contributed by atoms with van der Waals surface area (Å²) in [5.41, 5.74) is 1.44. The first kappa shape index (κ1) is 14.8. The lowest BCUT2D eigenvalue weighted by atomic mass is 10.1. The molecule has 5 heteroatoms. The summed E-state index contributed by atoms with van der Waals surface area (Å²) >= 11 is 0. The minimum absolute atomic E-state index is 0.127. The van der Waals surface area contributed by atoms with E-state index in [1.807, 2.05) is 22.8 Å². The number of benzene rings is 1. The van der Waals surface area contributed by atoms with E-state index in [4.69, 9.17) is 0 Å². The molecule has 1 aliphatic rings. The monoisotopic (exact) mass is 298 g/mol. The Labute approximate surface area is 130 Å². The Morgan fingerprint density at radius 2 is 2.09 bits per heavy atom. The number of hydrogen-bond donors (Lipinski definition) is 1. The number of aromatic nitrogens is 3. The van der Waals surface area contributed by atoms with E-state index < -0.39 is 0 Å². The third-order valence-electron chi connectivity index (χ3n) is 4.43. The van der Waals surface area contributed by atoms with Gasteiger partial charge in [0.2, 0.25) is 5.91 Å².